The predicted molar refractivity (Wildman–Crippen MR) is 103 cm³/mol. The van der Waals surface area contributed by atoms with E-state index in [0.29, 0.717) is 28.4 Å². The molecular weight excluding hydrogens is 346 g/mol. The smallest absolute Gasteiger partial charge is 0.337 e. The average Bonchev–Trinajstić information content (AvgIpc) is 2.94. The number of benzene rings is 2. The third-order valence-electron chi connectivity index (χ3n) is 4.24. The van der Waals surface area contributed by atoms with E-state index in [1.54, 1.807) is 57.4 Å². The van der Waals surface area contributed by atoms with Crippen molar-refractivity contribution in [3.05, 3.63) is 75.2 Å². The van der Waals surface area contributed by atoms with Crippen LogP contribution < -0.4 is 10.3 Å². The van der Waals surface area contributed by atoms with Crippen LogP contribution in [0.1, 0.15) is 27.2 Å². The van der Waals surface area contributed by atoms with Gasteiger partial charge < -0.3 is 9.84 Å². The van der Waals surface area contributed by atoms with E-state index in [0.717, 1.165) is 5.56 Å². The number of methoxy groups -OCH3 is 1. The van der Waals surface area contributed by atoms with E-state index < -0.39 is 5.97 Å². The molecule has 27 heavy (non-hydrogen) atoms. The van der Waals surface area contributed by atoms with Crippen LogP contribution >= 0.6 is 0 Å². The maximum absolute atomic E-state index is 12.8. The highest BCUT2D eigenvalue weighted by Gasteiger charge is 2.13. The van der Waals surface area contributed by atoms with E-state index >= 15 is 0 Å². The fraction of sp³-hybridized carbons (Fsp3) is 0.150. The number of rotatable bonds is 5. The Morgan fingerprint density at radius 1 is 1.19 bits per heavy atom. The number of aromatic nitrogens is 2. The van der Waals surface area contributed by atoms with Gasteiger partial charge in [0.1, 0.15) is 5.75 Å². The first-order valence-corrected chi connectivity index (χ1v) is 8.25. The molecule has 1 heterocycles. The molecule has 7 nitrogen and oxygen atoms in total. The summed E-state index contributed by atoms with van der Waals surface area (Å²) in [5.74, 6) is -0.370. The number of hydrogen-bond donors (Lipinski definition) is 2. The van der Waals surface area contributed by atoms with E-state index in [1.165, 1.54) is 17.0 Å². The highest BCUT2D eigenvalue weighted by Crippen LogP contribution is 2.24. The van der Waals surface area contributed by atoms with Gasteiger partial charge >= 0.3 is 5.97 Å². The normalized spacial score (nSPS) is 11.1. The Labute approximate surface area is 155 Å². The van der Waals surface area contributed by atoms with Gasteiger partial charge in [0.25, 0.3) is 5.56 Å². The van der Waals surface area contributed by atoms with Gasteiger partial charge in [0.15, 0.2) is 0 Å². The largest absolute Gasteiger partial charge is 0.497 e. The number of aromatic amines is 1. The van der Waals surface area contributed by atoms with Gasteiger partial charge in [-0.05, 0) is 49.7 Å². The number of carbonyl (C=O) groups is 1. The van der Waals surface area contributed by atoms with Crippen LogP contribution in [0.3, 0.4) is 0 Å². The van der Waals surface area contributed by atoms with Crippen LogP contribution in [0.2, 0.25) is 0 Å². The second-order valence-electron chi connectivity index (χ2n) is 6.02. The Morgan fingerprint density at radius 2 is 1.89 bits per heavy atom. The number of aromatic carboxylic acids is 1. The van der Waals surface area contributed by atoms with Crippen LogP contribution in [0.25, 0.3) is 5.69 Å². The van der Waals surface area contributed by atoms with Crippen molar-refractivity contribution in [2.45, 2.75) is 13.8 Å². The van der Waals surface area contributed by atoms with Crippen LogP contribution in [-0.4, -0.2) is 34.2 Å². The Morgan fingerprint density at radius 3 is 2.52 bits per heavy atom. The van der Waals surface area contributed by atoms with Crippen molar-refractivity contribution in [1.29, 1.82) is 0 Å². The van der Waals surface area contributed by atoms with Crippen molar-refractivity contribution in [1.82, 2.24) is 9.78 Å². The molecule has 0 aliphatic heterocycles. The van der Waals surface area contributed by atoms with Gasteiger partial charge in [-0.2, -0.15) is 0 Å². The topological polar surface area (TPSA) is 96.7 Å². The summed E-state index contributed by atoms with van der Waals surface area (Å²) < 4.78 is 6.54. The number of hydrogen-bond acceptors (Lipinski definition) is 4. The summed E-state index contributed by atoms with van der Waals surface area (Å²) in [6.07, 6.45) is 1.41. The Hall–Kier alpha value is -3.61. The molecule has 0 amide bonds. The second-order valence-corrected chi connectivity index (χ2v) is 6.02. The zero-order chi connectivity index (χ0) is 19.6. The van der Waals surface area contributed by atoms with Crippen LogP contribution in [0, 0.1) is 13.8 Å². The summed E-state index contributed by atoms with van der Waals surface area (Å²) in [5.41, 5.74) is 2.53. The SMILES string of the molecule is COc1ccc(-n2[nH]c(C)c(C=Nc3c(C)cccc3C(=O)O)c2=O)cc1. The summed E-state index contributed by atoms with van der Waals surface area (Å²) in [6.45, 7) is 3.54. The minimum atomic E-state index is -1.06. The first kappa shape index (κ1) is 18.2. The molecule has 0 radical (unpaired) electrons. The number of aryl methyl sites for hydroxylation is 2. The molecule has 1 aromatic heterocycles. The maximum atomic E-state index is 12.8. The lowest BCUT2D eigenvalue weighted by molar-refractivity contribution is 0.0697. The monoisotopic (exact) mass is 365 g/mol. The van der Waals surface area contributed by atoms with Crippen LogP contribution in [0.4, 0.5) is 5.69 Å². The molecule has 3 aromatic rings. The van der Waals surface area contributed by atoms with Crippen molar-refractivity contribution in [2.24, 2.45) is 4.99 Å². The fourth-order valence-electron chi connectivity index (χ4n) is 2.76. The van der Waals surface area contributed by atoms with Gasteiger partial charge in [-0.15, -0.1) is 0 Å². The number of carboxylic acid groups (broad SMARTS) is 1. The molecule has 0 fully saturated rings. The van der Waals surface area contributed by atoms with Crippen LogP contribution in [0.5, 0.6) is 5.75 Å². The van der Waals surface area contributed by atoms with E-state index in [2.05, 4.69) is 10.1 Å². The first-order chi connectivity index (χ1) is 12.9. The summed E-state index contributed by atoms with van der Waals surface area (Å²) in [7, 11) is 1.57. The number of nitrogens with one attached hydrogen (secondary N) is 1. The van der Waals surface area contributed by atoms with E-state index in [1.807, 2.05) is 0 Å². The molecule has 0 saturated carbocycles. The number of aliphatic imine (C=N–C) groups is 1. The van der Waals surface area contributed by atoms with Gasteiger partial charge in [-0.3, -0.25) is 14.9 Å². The summed E-state index contributed by atoms with van der Waals surface area (Å²) >= 11 is 0. The van der Waals surface area contributed by atoms with Gasteiger partial charge in [0, 0.05) is 11.9 Å². The third kappa shape index (κ3) is 3.52. The molecule has 138 valence electrons. The minimum Gasteiger partial charge on any atom is -0.497 e. The van der Waals surface area contributed by atoms with Crippen LogP contribution in [-0.2, 0) is 0 Å². The number of nitrogens with zero attached hydrogens (tertiary/aromatic N) is 2. The van der Waals surface area contributed by atoms with Crippen LogP contribution in [0.15, 0.2) is 52.3 Å². The first-order valence-electron chi connectivity index (χ1n) is 8.25. The second kappa shape index (κ2) is 7.33. The zero-order valence-electron chi connectivity index (χ0n) is 15.2. The quantitative estimate of drug-likeness (QED) is 0.678. The standard InChI is InChI=1S/C20H19N3O4/c1-12-5-4-6-16(20(25)26)18(12)21-11-17-13(2)22-23(19(17)24)14-7-9-15(27-3)10-8-14/h4-11,22H,1-3H3,(H,25,26). The molecule has 0 bridgehead atoms. The van der Waals surface area contributed by atoms with Crippen molar-refractivity contribution in [3.63, 3.8) is 0 Å². The molecule has 0 unspecified atom stereocenters. The van der Waals surface area contributed by atoms with Crippen molar-refractivity contribution in [2.75, 3.05) is 7.11 Å². The molecule has 0 atom stereocenters. The summed E-state index contributed by atoms with van der Waals surface area (Å²) in [6, 6.07) is 12.0. The van der Waals surface area contributed by atoms with Gasteiger partial charge in [0.05, 0.1) is 29.6 Å². The van der Waals surface area contributed by atoms with E-state index in [4.69, 9.17) is 4.74 Å². The average molecular weight is 365 g/mol. The maximum Gasteiger partial charge on any atom is 0.337 e. The van der Waals surface area contributed by atoms with Crippen molar-refractivity contribution >= 4 is 17.9 Å². The summed E-state index contributed by atoms with van der Waals surface area (Å²) in [4.78, 5) is 28.5. The molecule has 0 saturated heterocycles. The van der Waals surface area contributed by atoms with Gasteiger partial charge in [0.2, 0.25) is 0 Å². The molecule has 7 heteroatoms. The number of carboxylic acids is 1. The molecule has 0 aliphatic carbocycles. The van der Waals surface area contributed by atoms with Crippen molar-refractivity contribution in [3.8, 4) is 11.4 Å². The van der Waals surface area contributed by atoms with E-state index in [9.17, 15) is 14.7 Å². The molecule has 2 N–H and O–H groups in total. The Bertz CT molecular complexity index is 1080. The number of para-hydroxylation sites is 1. The summed E-state index contributed by atoms with van der Waals surface area (Å²) in [5, 5.41) is 12.3. The van der Waals surface area contributed by atoms with E-state index in [-0.39, 0.29) is 11.1 Å². The molecule has 0 aliphatic rings. The molecule has 0 spiro atoms. The number of ether oxygens (including phenoxy) is 1. The predicted octanol–water partition coefficient (Wildman–Crippen LogP) is 3.24. The van der Waals surface area contributed by atoms with Gasteiger partial charge in [-0.1, -0.05) is 12.1 Å². The zero-order valence-corrected chi connectivity index (χ0v) is 15.2. The highest BCUT2D eigenvalue weighted by molar-refractivity contribution is 5.96. The van der Waals surface area contributed by atoms with Crippen molar-refractivity contribution < 1.29 is 14.6 Å². The molecular formula is C20H19N3O4. The number of H-pyrrole nitrogens is 1. The molecule has 2 aromatic carbocycles. The lowest BCUT2D eigenvalue weighted by Crippen LogP contribution is -2.17. The lowest BCUT2D eigenvalue weighted by atomic mass is 10.1. The molecule has 3 rings (SSSR count). The minimum absolute atomic E-state index is 0.0925. The highest BCUT2D eigenvalue weighted by atomic mass is 16.5. The Kier molecular flexibility index (Phi) is 4.94. The lowest BCUT2D eigenvalue weighted by Gasteiger charge is -2.04. The third-order valence-corrected chi connectivity index (χ3v) is 4.24. The van der Waals surface area contributed by atoms with Gasteiger partial charge in [-0.25, -0.2) is 9.48 Å². The Balaban J connectivity index is 2.02. The fourth-order valence-corrected chi connectivity index (χ4v) is 2.76.